The summed E-state index contributed by atoms with van der Waals surface area (Å²) in [4.78, 5) is 30.9. The highest BCUT2D eigenvalue weighted by atomic mass is 16.6. The van der Waals surface area contributed by atoms with Crippen molar-refractivity contribution >= 4 is 23.9 Å². The summed E-state index contributed by atoms with van der Waals surface area (Å²) in [6.45, 7) is 11.4. The van der Waals surface area contributed by atoms with E-state index in [0.29, 0.717) is 26.2 Å². The average Bonchev–Trinajstić information content (AvgIpc) is 2.88. The van der Waals surface area contributed by atoms with Crippen LogP contribution in [0, 0.1) is 0 Å². The Kier molecular flexibility index (Phi) is 10.2. The fourth-order valence-electron chi connectivity index (χ4n) is 3.87. The van der Waals surface area contributed by atoms with E-state index >= 15 is 0 Å². The maximum Gasteiger partial charge on any atom is 0.410 e. The minimum atomic E-state index is -0.613. The summed E-state index contributed by atoms with van der Waals surface area (Å²) >= 11 is 0. The highest BCUT2D eigenvalue weighted by Gasteiger charge is 2.24. The molecule has 8 heteroatoms. The normalized spacial score (nSPS) is 13.9. The first kappa shape index (κ1) is 27.9. The summed E-state index contributed by atoms with van der Waals surface area (Å²) < 4.78 is 16.6. The molecule has 2 amide bonds. The molecule has 0 unspecified atom stereocenters. The number of nitrogens with zero attached hydrogens (tertiary/aromatic N) is 3. The predicted molar refractivity (Wildman–Crippen MR) is 146 cm³/mol. The SMILES string of the molecule is CCOc1ccc(N2CCN(C(=O)OCCN(C/C=C/c3ccccc3)C(=O)OC(C)(C)C)CC2)cc1. The number of benzene rings is 2. The molecule has 3 rings (SSSR count). The minimum absolute atomic E-state index is 0.0936. The molecule has 0 bridgehead atoms. The number of piperazine rings is 1. The standard InChI is InChI=1S/C29H39N3O5/c1-5-35-26-15-13-25(14-16-26)30-18-20-32(21-19-30)27(33)36-23-22-31(28(34)37-29(2,3)4)17-9-12-24-10-7-6-8-11-24/h6-16H,5,17-23H2,1-4H3/b12-9+. The largest absolute Gasteiger partial charge is 0.494 e. The van der Waals surface area contributed by atoms with Crippen LogP contribution >= 0.6 is 0 Å². The third kappa shape index (κ3) is 9.37. The van der Waals surface area contributed by atoms with Crippen molar-refractivity contribution in [1.29, 1.82) is 0 Å². The van der Waals surface area contributed by atoms with E-state index in [2.05, 4.69) is 4.90 Å². The van der Waals surface area contributed by atoms with Gasteiger partial charge in [-0.1, -0.05) is 42.5 Å². The Bertz CT molecular complexity index is 1010. The summed E-state index contributed by atoms with van der Waals surface area (Å²) in [5, 5.41) is 0. The lowest BCUT2D eigenvalue weighted by Crippen LogP contribution is -2.49. The van der Waals surface area contributed by atoms with Crippen LogP contribution in [0.4, 0.5) is 15.3 Å². The van der Waals surface area contributed by atoms with Crippen LogP contribution in [0.3, 0.4) is 0 Å². The highest BCUT2D eigenvalue weighted by Crippen LogP contribution is 2.21. The molecule has 200 valence electrons. The van der Waals surface area contributed by atoms with Crippen molar-refractivity contribution in [3.63, 3.8) is 0 Å². The average molecular weight is 510 g/mol. The van der Waals surface area contributed by atoms with Crippen LogP contribution in [-0.2, 0) is 9.47 Å². The number of hydrogen-bond donors (Lipinski definition) is 0. The third-order valence-electron chi connectivity index (χ3n) is 5.72. The Balaban J connectivity index is 1.47. The predicted octanol–water partition coefficient (Wildman–Crippen LogP) is 5.29. The molecule has 0 spiro atoms. The van der Waals surface area contributed by atoms with Crippen LogP contribution < -0.4 is 9.64 Å². The van der Waals surface area contributed by atoms with Crippen LogP contribution in [0.5, 0.6) is 5.75 Å². The Morgan fingerprint density at radius 3 is 2.27 bits per heavy atom. The maximum atomic E-state index is 12.7. The molecule has 0 aliphatic carbocycles. The summed E-state index contributed by atoms with van der Waals surface area (Å²) in [6.07, 6.45) is 3.05. The van der Waals surface area contributed by atoms with Gasteiger partial charge in [0.2, 0.25) is 0 Å². The lowest BCUT2D eigenvalue weighted by molar-refractivity contribution is 0.0216. The summed E-state index contributed by atoms with van der Waals surface area (Å²) in [5.74, 6) is 0.851. The molecule has 0 atom stereocenters. The smallest absolute Gasteiger partial charge is 0.410 e. The van der Waals surface area contributed by atoms with Gasteiger partial charge >= 0.3 is 12.2 Å². The van der Waals surface area contributed by atoms with Gasteiger partial charge in [-0.25, -0.2) is 9.59 Å². The molecule has 2 aromatic carbocycles. The summed E-state index contributed by atoms with van der Waals surface area (Å²) in [5.41, 5.74) is 1.54. The topological polar surface area (TPSA) is 71.6 Å². The first-order valence-corrected chi connectivity index (χ1v) is 12.8. The van der Waals surface area contributed by atoms with Crippen LogP contribution in [0.2, 0.25) is 0 Å². The molecule has 37 heavy (non-hydrogen) atoms. The molecule has 2 aromatic rings. The van der Waals surface area contributed by atoms with E-state index in [0.717, 1.165) is 30.1 Å². The Hall–Kier alpha value is -3.68. The zero-order valence-electron chi connectivity index (χ0n) is 22.4. The molecule has 0 aromatic heterocycles. The third-order valence-corrected chi connectivity index (χ3v) is 5.72. The van der Waals surface area contributed by atoms with Gasteiger partial charge in [-0.05, 0) is 57.5 Å². The molecular formula is C29H39N3O5. The molecule has 1 heterocycles. The van der Waals surface area contributed by atoms with E-state index < -0.39 is 11.7 Å². The second-order valence-electron chi connectivity index (χ2n) is 9.75. The van der Waals surface area contributed by atoms with Gasteiger partial charge in [0.25, 0.3) is 0 Å². The van der Waals surface area contributed by atoms with Gasteiger partial charge in [-0.2, -0.15) is 0 Å². The van der Waals surface area contributed by atoms with Gasteiger partial charge in [0, 0.05) is 38.4 Å². The van der Waals surface area contributed by atoms with Crippen molar-refractivity contribution in [2.24, 2.45) is 0 Å². The number of carbonyl (C=O) groups excluding carboxylic acids is 2. The molecule has 0 radical (unpaired) electrons. The second-order valence-corrected chi connectivity index (χ2v) is 9.75. The van der Waals surface area contributed by atoms with E-state index in [9.17, 15) is 9.59 Å². The molecule has 1 aliphatic heterocycles. The van der Waals surface area contributed by atoms with Gasteiger partial charge in [-0.3, -0.25) is 0 Å². The number of carbonyl (C=O) groups is 2. The second kappa shape index (κ2) is 13.6. The lowest BCUT2D eigenvalue weighted by atomic mass is 10.2. The van der Waals surface area contributed by atoms with Gasteiger partial charge in [0.15, 0.2) is 0 Å². The monoisotopic (exact) mass is 509 g/mol. The maximum absolute atomic E-state index is 12.7. The number of rotatable bonds is 9. The van der Waals surface area contributed by atoms with Crippen LogP contribution in [-0.4, -0.2) is 80.1 Å². The van der Waals surface area contributed by atoms with E-state index in [1.165, 1.54) is 0 Å². The van der Waals surface area contributed by atoms with Crippen molar-refractivity contribution in [1.82, 2.24) is 9.80 Å². The van der Waals surface area contributed by atoms with Gasteiger partial charge in [-0.15, -0.1) is 0 Å². The summed E-state index contributed by atoms with van der Waals surface area (Å²) in [6, 6.07) is 17.9. The van der Waals surface area contributed by atoms with Crippen LogP contribution in [0.1, 0.15) is 33.3 Å². The Morgan fingerprint density at radius 2 is 1.65 bits per heavy atom. The lowest BCUT2D eigenvalue weighted by Gasteiger charge is -2.35. The Labute approximate surface area is 220 Å². The molecule has 8 nitrogen and oxygen atoms in total. The quantitative estimate of drug-likeness (QED) is 0.457. The fourth-order valence-corrected chi connectivity index (χ4v) is 3.87. The molecular weight excluding hydrogens is 470 g/mol. The first-order chi connectivity index (χ1) is 17.7. The van der Waals surface area contributed by atoms with Gasteiger partial charge < -0.3 is 28.9 Å². The number of hydrogen-bond acceptors (Lipinski definition) is 6. The van der Waals surface area contributed by atoms with Crippen molar-refractivity contribution in [3.8, 4) is 5.75 Å². The highest BCUT2D eigenvalue weighted by molar-refractivity contribution is 5.69. The number of amides is 2. The molecule has 1 saturated heterocycles. The van der Waals surface area contributed by atoms with Gasteiger partial charge in [0.1, 0.15) is 18.0 Å². The van der Waals surface area contributed by atoms with E-state index in [1.807, 2.05) is 94.4 Å². The van der Waals surface area contributed by atoms with E-state index in [-0.39, 0.29) is 19.2 Å². The van der Waals surface area contributed by atoms with Gasteiger partial charge in [0.05, 0.1) is 13.2 Å². The molecule has 1 aliphatic rings. The van der Waals surface area contributed by atoms with Crippen molar-refractivity contribution in [2.45, 2.75) is 33.3 Å². The fraction of sp³-hybridized carbons (Fsp3) is 0.448. The minimum Gasteiger partial charge on any atom is -0.494 e. The number of anilines is 1. The zero-order chi connectivity index (χ0) is 26.7. The molecule has 0 N–H and O–H groups in total. The Morgan fingerprint density at radius 1 is 0.973 bits per heavy atom. The zero-order valence-corrected chi connectivity index (χ0v) is 22.4. The van der Waals surface area contributed by atoms with Crippen molar-refractivity contribution in [3.05, 3.63) is 66.2 Å². The molecule has 1 fully saturated rings. The molecule has 0 saturated carbocycles. The first-order valence-electron chi connectivity index (χ1n) is 12.8. The summed E-state index contributed by atoms with van der Waals surface area (Å²) in [7, 11) is 0. The number of ether oxygens (including phenoxy) is 3. The van der Waals surface area contributed by atoms with Crippen LogP contribution in [0.15, 0.2) is 60.7 Å². The van der Waals surface area contributed by atoms with Crippen LogP contribution in [0.25, 0.3) is 6.08 Å². The van der Waals surface area contributed by atoms with E-state index in [4.69, 9.17) is 14.2 Å². The van der Waals surface area contributed by atoms with Crippen molar-refractivity contribution in [2.75, 3.05) is 57.4 Å². The van der Waals surface area contributed by atoms with Crippen molar-refractivity contribution < 1.29 is 23.8 Å². The van der Waals surface area contributed by atoms with E-state index in [1.54, 1.807) is 9.80 Å².